The number of hydrogen-bond donors (Lipinski definition) is 0. The lowest BCUT2D eigenvalue weighted by Crippen LogP contribution is -2.06. The Morgan fingerprint density at radius 3 is 2.81 bits per heavy atom. The first-order valence-electron chi connectivity index (χ1n) is 5.93. The average molecular weight is 308 g/mol. The molecule has 0 saturated heterocycles. The molecule has 21 heavy (non-hydrogen) atoms. The molecule has 1 aromatic carbocycles. The molecule has 1 aromatic heterocycles. The van der Waals surface area contributed by atoms with E-state index >= 15 is 0 Å². The van der Waals surface area contributed by atoms with Crippen LogP contribution in [0.1, 0.15) is 21.8 Å². The molecule has 0 fully saturated rings. The van der Waals surface area contributed by atoms with E-state index in [1.165, 1.54) is 30.0 Å². The maximum Gasteiger partial charge on any atom is 0.338 e. The Morgan fingerprint density at radius 2 is 2.24 bits per heavy atom. The van der Waals surface area contributed by atoms with Gasteiger partial charge in [0, 0.05) is 12.1 Å². The molecule has 0 saturated carbocycles. The zero-order valence-corrected chi connectivity index (χ0v) is 12.2. The van der Waals surface area contributed by atoms with Gasteiger partial charge in [-0.25, -0.2) is 4.79 Å². The fourth-order valence-electron chi connectivity index (χ4n) is 1.67. The number of rotatable bonds is 5. The van der Waals surface area contributed by atoms with Gasteiger partial charge in [0.1, 0.15) is 18.1 Å². The minimum absolute atomic E-state index is 0.0474. The van der Waals surface area contributed by atoms with Crippen molar-refractivity contribution in [1.82, 2.24) is 5.16 Å². The SMILES string of the molecule is CSc1ccc(C(=O)OCc2cc(C)on2)cc1[N+](=O)[O-]. The molecule has 0 bridgehead atoms. The molecule has 0 unspecified atom stereocenters. The second kappa shape index (κ2) is 6.40. The Hall–Kier alpha value is -2.35. The fraction of sp³-hybridized carbons (Fsp3) is 0.231. The molecule has 7 nitrogen and oxygen atoms in total. The molecule has 8 heteroatoms. The number of carbonyl (C=O) groups is 1. The molecule has 2 rings (SSSR count). The number of nitrogens with zero attached hydrogens (tertiary/aromatic N) is 2. The lowest BCUT2D eigenvalue weighted by Gasteiger charge is -2.04. The van der Waals surface area contributed by atoms with Crippen molar-refractivity contribution in [3.63, 3.8) is 0 Å². The number of ether oxygens (including phenoxy) is 1. The highest BCUT2D eigenvalue weighted by atomic mass is 32.2. The van der Waals surface area contributed by atoms with E-state index in [2.05, 4.69) is 5.16 Å². The Morgan fingerprint density at radius 1 is 1.48 bits per heavy atom. The third kappa shape index (κ3) is 3.60. The molecular formula is C13H12N2O5S. The summed E-state index contributed by atoms with van der Waals surface area (Å²) in [5, 5.41) is 14.6. The highest BCUT2D eigenvalue weighted by molar-refractivity contribution is 7.98. The Bertz CT molecular complexity index is 683. The minimum atomic E-state index is -0.647. The highest BCUT2D eigenvalue weighted by Crippen LogP contribution is 2.28. The van der Waals surface area contributed by atoms with Crippen LogP contribution in [0.5, 0.6) is 0 Å². The van der Waals surface area contributed by atoms with Gasteiger partial charge in [0.25, 0.3) is 5.69 Å². The molecule has 2 aromatic rings. The largest absolute Gasteiger partial charge is 0.455 e. The van der Waals surface area contributed by atoms with Gasteiger partial charge in [0.2, 0.25) is 0 Å². The van der Waals surface area contributed by atoms with Crippen LogP contribution in [-0.4, -0.2) is 22.3 Å². The molecule has 0 aliphatic carbocycles. The number of esters is 1. The van der Waals surface area contributed by atoms with Gasteiger partial charge in [0.15, 0.2) is 0 Å². The standard InChI is InChI=1S/C13H12N2O5S/c1-8-5-10(14-20-8)7-19-13(16)9-3-4-12(21-2)11(6-9)15(17)18/h3-6H,7H2,1-2H3. The van der Waals surface area contributed by atoms with E-state index in [0.717, 1.165) is 0 Å². The van der Waals surface area contributed by atoms with Gasteiger partial charge >= 0.3 is 5.97 Å². The van der Waals surface area contributed by atoms with Crippen LogP contribution in [0.4, 0.5) is 5.69 Å². The molecule has 0 aliphatic rings. The Kier molecular flexibility index (Phi) is 4.59. The molecular weight excluding hydrogens is 296 g/mol. The second-order valence-corrected chi connectivity index (χ2v) is 5.00. The summed E-state index contributed by atoms with van der Waals surface area (Å²) in [6, 6.07) is 5.88. The van der Waals surface area contributed by atoms with Gasteiger partial charge in [-0.05, 0) is 25.3 Å². The molecule has 0 aliphatic heterocycles. The summed E-state index contributed by atoms with van der Waals surface area (Å²) in [5.41, 5.74) is 0.491. The summed E-state index contributed by atoms with van der Waals surface area (Å²) in [6.07, 6.45) is 1.73. The zero-order valence-electron chi connectivity index (χ0n) is 11.4. The molecule has 1 heterocycles. The van der Waals surface area contributed by atoms with Crippen molar-refractivity contribution in [2.24, 2.45) is 0 Å². The molecule has 0 spiro atoms. The van der Waals surface area contributed by atoms with Crippen LogP contribution < -0.4 is 0 Å². The van der Waals surface area contributed by atoms with E-state index in [1.807, 2.05) is 0 Å². The van der Waals surface area contributed by atoms with E-state index in [4.69, 9.17) is 9.26 Å². The molecule has 0 atom stereocenters. The number of hydrogen-bond acceptors (Lipinski definition) is 7. The lowest BCUT2D eigenvalue weighted by atomic mass is 10.2. The van der Waals surface area contributed by atoms with E-state index in [9.17, 15) is 14.9 Å². The number of nitro benzene ring substituents is 1. The van der Waals surface area contributed by atoms with Gasteiger partial charge in [-0.3, -0.25) is 10.1 Å². The summed E-state index contributed by atoms with van der Waals surface area (Å²) in [6.45, 7) is 1.68. The smallest absolute Gasteiger partial charge is 0.338 e. The first-order chi connectivity index (χ1) is 10.0. The first-order valence-corrected chi connectivity index (χ1v) is 7.15. The van der Waals surface area contributed by atoms with E-state index in [-0.39, 0.29) is 17.9 Å². The second-order valence-electron chi connectivity index (χ2n) is 4.15. The summed E-state index contributed by atoms with van der Waals surface area (Å²) in [5.74, 6) is -0.0348. The van der Waals surface area contributed by atoms with Gasteiger partial charge in [-0.1, -0.05) is 5.16 Å². The maximum absolute atomic E-state index is 11.9. The van der Waals surface area contributed by atoms with Crippen molar-refractivity contribution in [2.75, 3.05) is 6.26 Å². The van der Waals surface area contributed by atoms with Crippen LogP contribution in [0.25, 0.3) is 0 Å². The number of aryl methyl sites for hydroxylation is 1. The predicted molar refractivity (Wildman–Crippen MR) is 75.2 cm³/mol. The summed E-state index contributed by atoms with van der Waals surface area (Å²) in [7, 11) is 0. The van der Waals surface area contributed by atoms with Crippen molar-refractivity contribution in [2.45, 2.75) is 18.4 Å². The predicted octanol–water partition coefficient (Wildman–Crippen LogP) is 2.97. The zero-order chi connectivity index (χ0) is 15.4. The average Bonchev–Trinajstić information content (AvgIpc) is 2.89. The highest BCUT2D eigenvalue weighted by Gasteiger charge is 2.18. The third-order valence-electron chi connectivity index (χ3n) is 2.64. The third-order valence-corrected chi connectivity index (χ3v) is 3.42. The van der Waals surface area contributed by atoms with Crippen molar-refractivity contribution in [1.29, 1.82) is 0 Å². The maximum atomic E-state index is 11.9. The fourth-order valence-corrected chi connectivity index (χ4v) is 2.22. The minimum Gasteiger partial charge on any atom is -0.455 e. The lowest BCUT2D eigenvalue weighted by molar-refractivity contribution is -0.387. The van der Waals surface area contributed by atoms with Crippen LogP contribution in [0.3, 0.4) is 0 Å². The van der Waals surface area contributed by atoms with Crippen molar-refractivity contribution >= 4 is 23.4 Å². The van der Waals surface area contributed by atoms with Gasteiger partial charge in [-0.2, -0.15) is 0 Å². The molecule has 110 valence electrons. The number of aromatic nitrogens is 1. The van der Waals surface area contributed by atoms with Crippen LogP contribution in [-0.2, 0) is 11.3 Å². The van der Waals surface area contributed by atoms with Crippen molar-refractivity contribution < 1.29 is 19.0 Å². The Balaban J connectivity index is 2.12. The quantitative estimate of drug-likeness (QED) is 0.362. The number of thioether (sulfide) groups is 1. The van der Waals surface area contributed by atoms with Gasteiger partial charge in [-0.15, -0.1) is 11.8 Å². The molecule has 0 radical (unpaired) electrons. The first kappa shape index (κ1) is 15.0. The van der Waals surface area contributed by atoms with Crippen molar-refractivity contribution in [3.8, 4) is 0 Å². The van der Waals surface area contributed by atoms with Crippen molar-refractivity contribution in [3.05, 3.63) is 51.4 Å². The van der Waals surface area contributed by atoms with E-state index in [1.54, 1.807) is 19.2 Å². The topological polar surface area (TPSA) is 95.5 Å². The van der Waals surface area contributed by atoms with Gasteiger partial charge < -0.3 is 9.26 Å². The van der Waals surface area contributed by atoms with E-state index < -0.39 is 10.9 Å². The van der Waals surface area contributed by atoms with Crippen LogP contribution in [0.2, 0.25) is 0 Å². The monoisotopic (exact) mass is 308 g/mol. The molecule has 0 amide bonds. The van der Waals surface area contributed by atoms with E-state index in [0.29, 0.717) is 16.3 Å². The number of nitro groups is 1. The number of carbonyl (C=O) groups excluding carboxylic acids is 1. The summed E-state index contributed by atoms with van der Waals surface area (Å²) < 4.78 is 9.89. The summed E-state index contributed by atoms with van der Waals surface area (Å²) in [4.78, 5) is 22.8. The normalized spacial score (nSPS) is 10.4. The number of benzene rings is 1. The summed E-state index contributed by atoms with van der Waals surface area (Å²) >= 11 is 1.24. The van der Waals surface area contributed by atoms with Crippen LogP contribution >= 0.6 is 11.8 Å². The molecule has 0 N–H and O–H groups in total. The van der Waals surface area contributed by atoms with Gasteiger partial charge in [0.05, 0.1) is 15.4 Å². The Labute approximate surface area is 124 Å². The van der Waals surface area contributed by atoms with Crippen LogP contribution in [0.15, 0.2) is 33.7 Å². The van der Waals surface area contributed by atoms with Crippen LogP contribution in [0, 0.1) is 17.0 Å².